The molecular formula is C20H20N6O2S. The summed E-state index contributed by atoms with van der Waals surface area (Å²) in [6, 6.07) is 8.84. The second-order valence-corrected chi connectivity index (χ2v) is 8.99. The van der Waals surface area contributed by atoms with E-state index in [2.05, 4.69) is 21.9 Å². The van der Waals surface area contributed by atoms with Gasteiger partial charge in [0.05, 0.1) is 23.7 Å². The zero-order valence-corrected chi connectivity index (χ0v) is 16.9. The maximum absolute atomic E-state index is 13.2. The number of imidazole rings is 1. The van der Waals surface area contributed by atoms with Crippen LogP contribution in [0, 0.1) is 6.92 Å². The van der Waals surface area contributed by atoms with Crippen molar-refractivity contribution in [2.24, 2.45) is 4.99 Å². The highest BCUT2D eigenvalue weighted by atomic mass is 32.2. The highest BCUT2D eigenvalue weighted by Crippen LogP contribution is 2.28. The summed E-state index contributed by atoms with van der Waals surface area (Å²) in [5.74, 6) is 0. The van der Waals surface area contributed by atoms with E-state index >= 15 is 0 Å². The molecule has 4 aromatic rings. The second-order valence-electron chi connectivity index (χ2n) is 7.17. The van der Waals surface area contributed by atoms with E-state index in [0.717, 1.165) is 29.4 Å². The van der Waals surface area contributed by atoms with E-state index in [1.54, 1.807) is 49.1 Å². The van der Waals surface area contributed by atoms with Crippen molar-refractivity contribution in [1.29, 1.82) is 0 Å². The summed E-state index contributed by atoms with van der Waals surface area (Å²) in [6.45, 7) is 4.77. The van der Waals surface area contributed by atoms with Crippen LogP contribution in [0.15, 0.2) is 58.9 Å². The minimum atomic E-state index is -3.75. The Kier molecular flexibility index (Phi) is 3.95. The number of fused-ring (bicyclic) bond motifs is 3. The molecule has 1 atom stereocenters. The van der Waals surface area contributed by atoms with Gasteiger partial charge in [-0.15, -0.1) is 0 Å². The number of hydrogen-bond acceptors (Lipinski definition) is 6. The van der Waals surface area contributed by atoms with Crippen LogP contribution in [0.2, 0.25) is 0 Å². The number of aryl methyl sites for hydroxylation is 1. The molecule has 0 unspecified atom stereocenters. The summed E-state index contributed by atoms with van der Waals surface area (Å²) < 4.78 is 29.6. The summed E-state index contributed by atoms with van der Waals surface area (Å²) in [6.07, 6.45) is 7.65. The van der Waals surface area contributed by atoms with E-state index in [-0.39, 0.29) is 10.9 Å². The van der Waals surface area contributed by atoms with Crippen LogP contribution in [-0.4, -0.2) is 46.0 Å². The molecule has 3 aromatic heterocycles. The van der Waals surface area contributed by atoms with Crippen LogP contribution in [0.3, 0.4) is 0 Å². The Morgan fingerprint density at radius 1 is 1.14 bits per heavy atom. The van der Waals surface area contributed by atoms with Crippen molar-refractivity contribution >= 4 is 38.4 Å². The predicted molar refractivity (Wildman–Crippen MR) is 112 cm³/mol. The lowest BCUT2D eigenvalue weighted by Gasteiger charge is -2.24. The molecule has 29 heavy (non-hydrogen) atoms. The van der Waals surface area contributed by atoms with Gasteiger partial charge in [-0.2, -0.15) is 0 Å². The van der Waals surface area contributed by atoms with E-state index in [1.165, 1.54) is 3.97 Å². The van der Waals surface area contributed by atoms with Gasteiger partial charge in [-0.25, -0.2) is 27.0 Å². The first-order chi connectivity index (χ1) is 14.0. The lowest BCUT2D eigenvalue weighted by molar-refractivity contribution is 0.587. The first kappa shape index (κ1) is 17.9. The van der Waals surface area contributed by atoms with E-state index in [4.69, 9.17) is 0 Å². The zero-order chi connectivity index (χ0) is 20.2. The molecule has 148 valence electrons. The molecule has 0 aliphatic carbocycles. The number of nitrogens with zero attached hydrogens (tertiary/aromatic N) is 6. The van der Waals surface area contributed by atoms with Crippen LogP contribution < -0.4 is 5.01 Å². The molecule has 4 heterocycles. The Hall–Kier alpha value is -3.20. The Morgan fingerprint density at radius 3 is 2.69 bits per heavy atom. The summed E-state index contributed by atoms with van der Waals surface area (Å²) in [7, 11) is -3.75. The van der Waals surface area contributed by atoms with Crippen molar-refractivity contribution in [2.75, 3.05) is 11.6 Å². The van der Waals surface area contributed by atoms with Gasteiger partial charge in [0.2, 0.25) is 0 Å². The number of aliphatic imine (C=N–C) groups is 1. The van der Waals surface area contributed by atoms with Gasteiger partial charge in [0.25, 0.3) is 10.0 Å². The Balaban J connectivity index is 1.71. The van der Waals surface area contributed by atoms with Crippen LogP contribution in [0.5, 0.6) is 0 Å². The van der Waals surface area contributed by atoms with Gasteiger partial charge in [-0.3, -0.25) is 10.0 Å². The van der Waals surface area contributed by atoms with Crippen LogP contribution >= 0.6 is 0 Å². The monoisotopic (exact) mass is 408 g/mol. The fourth-order valence-corrected chi connectivity index (χ4v) is 5.02. The first-order valence-corrected chi connectivity index (χ1v) is 10.9. The van der Waals surface area contributed by atoms with Gasteiger partial charge >= 0.3 is 0 Å². The van der Waals surface area contributed by atoms with Crippen molar-refractivity contribution in [2.45, 2.75) is 31.2 Å². The summed E-state index contributed by atoms with van der Waals surface area (Å²) in [4.78, 5) is 13.5. The molecule has 5 rings (SSSR count). The van der Waals surface area contributed by atoms with Gasteiger partial charge in [-0.1, -0.05) is 24.6 Å². The minimum Gasteiger partial charge on any atom is -0.272 e. The first-order valence-electron chi connectivity index (χ1n) is 9.44. The standard InChI is InChI=1S/C20H20N6O2S/c1-3-15-10-21-12-24(15)25-13-23-18-11-22-20-17(19(18)25)8-9-26(20)29(27,28)16-6-4-14(2)5-7-16/h4-9,11-13,15H,3,10H2,1-2H3/t15-/m1/s1. The van der Waals surface area contributed by atoms with E-state index in [0.29, 0.717) is 11.2 Å². The number of hydrogen-bond donors (Lipinski definition) is 0. The molecule has 0 fully saturated rings. The number of benzene rings is 1. The molecule has 0 N–H and O–H groups in total. The van der Waals surface area contributed by atoms with Crippen LogP contribution in [0.1, 0.15) is 18.9 Å². The summed E-state index contributed by atoms with van der Waals surface area (Å²) in [5, 5.41) is 2.77. The molecule has 0 saturated heterocycles. The third kappa shape index (κ3) is 2.65. The highest BCUT2D eigenvalue weighted by molar-refractivity contribution is 7.90. The summed E-state index contributed by atoms with van der Waals surface area (Å²) in [5.41, 5.74) is 2.91. The molecule has 0 spiro atoms. The number of pyridine rings is 1. The van der Waals surface area contributed by atoms with Crippen molar-refractivity contribution in [3.63, 3.8) is 0 Å². The lowest BCUT2D eigenvalue weighted by Crippen LogP contribution is -2.39. The van der Waals surface area contributed by atoms with Gasteiger partial charge in [0.15, 0.2) is 5.65 Å². The second kappa shape index (κ2) is 6.41. The molecule has 0 radical (unpaired) electrons. The third-order valence-electron chi connectivity index (χ3n) is 5.36. The van der Waals surface area contributed by atoms with Crippen LogP contribution in [0.4, 0.5) is 0 Å². The predicted octanol–water partition coefficient (Wildman–Crippen LogP) is 2.69. The van der Waals surface area contributed by atoms with Gasteiger partial charge in [-0.05, 0) is 31.5 Å². The van der Waals surface area contributed by atoms with Crippen molar-refractivity contribution < 1.29 is 8.42 Å². The molecule has 0 saturated carbocycles. The molecule has 1 aliphatic heterocycles. The molecule has 1 aromatic carbocycles. The van der Waals surface area contributed by atoms with E-state index in [9.17, 15) is 8.42 Å². The van der Waals surface area contributed by atoms with Crippen LogP contribution in [-0.2, 0) is 10.0 Å². The topological polar surface area (TPSA) is 85.4 Å². The summed E-state index contributed by atoms with van der Waals surface area (Å²) >= 11 is 0. The fourth-order valence-electron chi connectivity index (χ4n) is 3.72. The van der Waals surface area contributed by atoms with Crippen molar-refractivity contribution in [3.8, 4) is 0 Å². The highest BCUT2D eigenvalue weighted by Gasteiger charge is 2.25. The van der Waals surface area contributed by atoms with E-state index < -0.39 is 10.0 Å². The van der Waals surface area contributed by atoms with E-state index in [1.807, 2.05) is 22.9 Å². The average Bonchev–Trinajstić information content (AvgIpc) is 3.44. The van der Waals surface area contributed by atoms with Crippen LogP contribution in [0.25, 0.3) is 22.1 Å². The fraction of sp³-hybridized carbons (Fsp3) is 0.250. The Bertz CT molecular complexity index is 1350. The molecule has 8 nitrogen and oxygen atoms in total. The van der Waals surface area contributed by atoms with Gasteiger partial charge in [0.1, 0.15) is 23.7 Å². The van der Waals surface area contributed by atoms with Gasteiger partial charge in [0, 0.05) is 11.6 Å². The number of rotatable bonds is 4. The normalized spacial score (nSPS) is 17.0. The third-order valence-corrected chi connectivity index (χ3v) is 7.04. The molecular weight excluding hydrogens is 388 g/mol. The smallest absolute Gasteiger partial charge is 0.269 e. The molecule has 0 amide bonds. The largest absolute Gasteiger partial charge is 0.272 e. The zero-order valence-electron chi connectivity index (χ0n) is 16.1. The maximum atomic E-state index is 13.2. The molecule has 1 aliphatic rings. The quantitative estimate of drug-likeness (QED) is 0.518. The lowest BCUT2D eigenvalue weighted by atomic mass is 10.2. The number of aromatic nitrogens is 4. The van der Waals surface area contributed by atoms with Crippen molar-refractivity contribution in [1.82, 2.24) is 18.6 Å². The Morgan fingerprint density at radius 2 is 1.93 bits per heavy atom. The SMILES string of the molecule is CC[C@@H]1CN=CN1n1cnc2cnc3c(ccn3S(=O)(=O)c3ccc(C)cc3)c21. The molecule has 9 heteroatoms. The average molecular weight is 408 g/mol. The minimum absolute atomic E-state index is 0.230. The van der Waals surface area contributed by atoms with Crippen molar-refractivity contribution in [3.05, 3.63) is 54.6 Å². The Labute approximate surface area is 168 Å². The maximum Gasteiger partial charge on any atom is 0.269 e. The van der Waals surface area contributed by atoms with Gasteiger partial charge < -0.3 is 0 Å². The molecule has 0 bridgehead atoms.